The van der Waals surface area contributed by atoms with Crippen molar-refractivity contribution in [3.8, 4) is 0 Å². The molecule has 0 aromatic carbocycles. The molecule has 1 aliphatic rings. The Morgan fingerprint density at radius 1 is 0.347 bits per heavy atom. The number of hydrazine groups is 2. The predicted octanol–water partition coefficient (Wildman–Crippen LogP) is 14.4. The second-order valence-corrected chi connectivity index (χ2v) is 16.1. The van der Waals surface area contributed by atoms with Gasteiger partial charge in [-0.3, -0.25) is 0 Å². The van der Waals surface area contributed by atoms with E-state index in [0.29, 0.717) is 0 Å². The minimum Gasteiger partial charge on any atom is -0.302 e. The van der Waals surface area contributed by atoms with Gasteiger partial charge in [0, 0.05) is 32.7 Å². The summed E-state index contributed by atoms with van der Waals surface area (Å²) in [5, 5.41) is 11.8. The van der Waals surface area contributed by atoms with E-state index in [9.17, 15) is 0 Å². The van der Waals surface area contributed by atoms with Gasteiger partial charge in [0.15, 0.2) is 0 Å². The van der Waals surface area contributed by atoms with E-state index in [1.165, 1.54) is 257 Å². The minimum absolute atomic E-state index is 1.03. The molecule has 0 saturated carbocycles. The fraction of sp³-hybridized carbons (Fsp3) is 1.00. The summed E-state index contributed by atoms with van der Waals surface area (Å²) < 4.78 is 0. The van der Waals surface area contributed by atoms with Crippen molar-refractivity contribution >= 4 is 0 Å². The van der Waals surface area contributed by atoms with Crippen molar-refractivity contribution in [1.82, 2.24) is 20.5 Å². The second kappa shape index (κ2) is 39.1. The average Bonchev–Trinajstić information content (AvgIpc) is 3.65. The third-order valence-corrected chi connectivity index (χ3v) is 11.2. The van der Waals surface area contributed by atoms with Crippen LogP contribution in [0.1, 0.15) is 252 Å². The molecule has 294 valence electrons. The van der Waals surface area contributed by atoms with Gasteiger partial charge >= 0.3 is 0 Å². The van der Waals surface area contributed by atoms with Crippen LogP contribution < -0.4 is 5.32 Å². The Kier molecular flexibility index (Phi) is 37.4. The fourth-order valence-corrected chi connectivity index (χ4v) is 7.86. The molecule has 1 aliphatic heterocycles. The zero-order chi connectivity index (χ0) is 35.1. The third-order valence-electron chi connectivity index (χ3n) is 11.2. The number of rotatable bonds is 41. The zero-order valence-corrected chi connectivity index (χ0v) is 34.5. The molecule has 49 heavy (non-hydrogen) atoms. The van der Waals surface area contributed by atoms with Crippen molar-refractivity contribution in [3.05, 3.63) is 0 Å². The lowest BCUT2D eigenvalue weighted by molar-refractivity contribution is -0.178. The van der Waals surface area contributed by atoms with E-state index < -0.39 is 0 Å². The summed E-state index contributed by atoms with van der Waals surface area (Å²) in [5.74, 6) is 0. The van der Waals surface area contributed by atoms with Crippen LogP contribution in [0.4, 0.5) is 0 Å². The first-order valence-corrected chi connectivity index (χ1v) is 23.3. The molecular formula is C45H94N4. The maximum Gasteiger partial charge on any atom is 0.0637 e. The Bertz CT molecular complexity index is 579. The van der Waals surface area contributed by atoms with Crippen LogP contribution >= 0.6 is 0 Å². The van der Waals surface area contributed by atoms with Gasteiger partial charge in [-0.1, -0.05) is 233 Å². The Morgan fingerprint density at radius 3 is 0.878 bits per heavy atom. The SMILES string of the molecule is CCCCCCCCCCCCCCN(CCCCCCCCCCCCCC)N(CCCCCCCCCCCCCC)N1CCNC1. The van der Waals surface area contributed by atoms with Gasteiger partial charge in [0.05, 0.1) is 6.67 Å². The molecule has 0 atom stereocenters. The summed E-state index contributed by atoms with van der Waals surface area (Å²) in [7, 11) is 0. The Hall–Kier alpha value is -0.160. The van der Waals surface area contributed by atoms with Crippen molar-refractivity contribution in [2.75, 3.05) is 39.4 Å². The summed E-state index contributed by atoms with van der Waals surface area (Å²) in [4.78, 5) is 0. The van der Waals surface area contributed by atoms with E-state index in [-0.39, 0.29) is 0 Å². The summed E-state index contributed by atoms with van der Waals surface area (Å²) in [6, 6.07) is 0. The summed E-state index contributed by atoms with van der Waals surface area (Å²) in [6.07, 6.45) is 51.7. The number of unbranched alkanes of at least 4 members (excludes halogenated alkanes) is 33. The van der Waals surface area contributed by atoms with Crippen molar-refractivity contribution in [2.45, 2.75) is 252 Å². The lowest BCUT2D eigenvalue weighted by Crippen LogP contribution is -2.53. The van der Waals surface area contributed by atoms with E-state index in [2.05, 4.69) is 41.2 Å². The summed E-state index contributed by atoms with van der Waals surface area (Å²) >= 11 is 0. The second-order valence-electron chi connectivity index (χ2n) is 16.1. The lowest BCUT2D eigenvalue weighted by Gasteiger charge is -2.40. The molecule has 0 radical (unpaired) electrons. The van der Waals surface area contributed by atoms with Gasteiger partial charge in [-0.2, -0.15) is 5.12 Å². The first-order chi connectivity index (χ1) is 24.3. The molecule has 1 saturated heterocycles. The van der Waals surface area contributed by atoms with Crippen LogP contribution in [0.3, 0.4) is 0 Å². The van der Waals surface area contributed by atoms with Gasteiger partial charge in [0.25, 0.3) is 0 Å². The molecule has 1 N–H and O–H groups in total. The Balaban J connectivity index is 2.39. The highest BCUT2D eigenvalue weighted by Crippen LogP contribution is 2.18. The quantitative estimate of drug-likeness (QED) is 0.0509. The molecule has 0 aliphatic carbocycles. The molecular weight excluding hydrogens is 597 g/mol. The van der Waals surface area contributed by atoms with Crippen molar-refractivity contribution in [3.63, 3.8) is 0 Å². The summed E-state index contributed by atoms with van der Waals surface area (Å²) in [5.41, 5.74) is 0. The van der Waals surface area contributed by atoms with Gasteiger partial charge in [-0.15, -0.1) is 0 Å². The highest BCUT2D eigenvalue weighted by molar-refractivity contribution is 4.67. The number of hydrogen-bond acceptors (Lipinski definition) is 4. The van der Waals surface area contributed by atoms with Crippen molar-refractivity contribution in [2.24, 2.45) is 0 Å². The first-order valence-electron chi connectivity index (χ1n) is 23.3. The zero-order valence-electron chi connectivity index (χ0n) is 34.5. The van der Waals surface area contributed by atoms with Gasteiger partial charge in [-0.05, 0) is 19.3 Å². The number of hydrogen-bond donors (Lipinski definition) is 1. The van der Waals surface area contributed by atoms with Crippen molar-refractivity contribution < 1.29 is 0 Å². The molecule has 1 rings (SSSR count). The molecule has 1 fully saturated rings. The smallest absolute Gasteiger partial charge is 0.0637 e. The average molecular weight is 691 g/mol. The van der Waals surface area contributed by atoms with Crippen LogP contribution in [0.5, 0.6) is 0 Å². The van der Waals surface area contributed by atoms with Crippen LogP contribution in [-0.2, 0) is 0 Å². The number of nitrogens with one attached hydrogen (secondary N) is 1. The van der Waals surface area contributed by atoms with Crippen LogP contribution in [0.25, 0.3) is 0 Å². The first kappa shape index (κ1) is 46.9. The summed E-state index contributed by atoms with van der Waals surface area (Å²) in [6.45, 7) is 14.0. The molecule has 0 aromatic heterocycles. The third kappa shape index (κ3) is 31.1. The van der Waals surface area contributed by atoms with Crippen molar-refractivity contribution in [1.29, 1.82) is 0 Å². The minimum atomic E-state index is 1.03. The standard InChI is InChI=1S/C45H94N4/c1-4-7-10-13-16-19-22-25-28-31-34-37-41-47(42-38-35-32-29-26-23-20-17-14-11-8-5-2)49(48-44-40-46-45-48)43-39-36-33-30-27-24-21-18-15-12-9-6-3/h46H,4-45H2,1-3H3. The van der Waals surface area contributed by atoms with Gasteiger partial charge in [-0.25, -0.2) is 10.0 Å². The largest absolute Gasteiger partial charge is 0.302 e. The molecule has 1 heterocycles. The van der Waals surface area contributed by atoms with Crippen LogP contribution in [0, 0.1) is 0 Å². The topological polar surface area (TPSA) is 21.8 Å². The molecule has 0 aromatic rings. The highest BCUT2D eigenvalue weighted by Gasteiger charge is 2.24. The molecule has 4 heteroatoms. The molecule has 0 bridgehead atoms. The van der Waals surface area contributed by atoms with E-state index >= 15 is 0 Å². The van der Waals surface area contributed by atoms with Crippen LogP contribution in [0.15, 0.2) is 0 Å². The molecule has 4 nitrogen and oxygen atoms in total. The number of nitrogens with zero attached hydrogens (tertiary/aromatic N) is 3. The lowest BCUT2D eigenvalue weighted by atomic mass is 10.0. The fourth-order valence-electron chi connectivity index (χ4n) is 7.86. The van der Waals surface area contributed by atoms with E-state index in [1.54, 1.807) is 0 Å². The van der Waals surface area contributed by atoms with Crippen LogP contribution in [0.2, 0.25) is 0 Å². The van der Waals surface area contributed by atoms with Gasteiger partial charge in [0.2, 0.25) is 0 Å². The maximum atomic E-state index is 3.64. The molecule has 0 spiro atoms. The molecule has 0 amide bonds. The normalized spacial score (nSPS) is 13.9. The van der Waals surface area contributed by atoms with Gasteiger partial charge in [0.1, 0.15) is 0 Å². The van der Waals surface area contributed by atoms with E-state index in [0.717, 1.165) is 13.2 Å². The van der Waals surface area contributed by atoms with E-state index in [1.807, 2.05) is 0 Å². The Morgan fingerprint density at radius 2 is 0.612 bits per heavy atom. The van der Waals surface area contributed by atoms with Crippen LogP contribution in [-0.4, -0.2) is 54.5 Å². The van der Waals surface area contributed by atoms with E-state index in [4.69, 9.17) is 0 Å². The maximum absolute atomic E-state index is 3.64. The monoisotopic (exact) mass is 691 g/mol. The van der Waals surface area contributed by atoms with Gasteiger partial charge < -0.3 is 5.32 Å². The molecule has 0 unspecified atom stereocenters. The highest BCUT2D eigenvalue weighted by atomic mass is 15.9. The predicted molar refractivity (Wildman–Crippen MR) is 221 cm³/mol. The Labute approximate surface area is 311 Å².